The van der Waals surface area contributed by atoms with Gasteiger partial charge in [-0.25, -0.2) is 4.99 Å². The van der Waals surface area contributed by atoms with Crippen LogP contribution in [0.5, 0.6) is 0 Å². The first-order valence-corrected chi connectivity index (χ1v) is 10.6. The van der Waals surface area contributed by atoms with Crippen molar-refractivity contribution in [2.45, 2.75) is 46.2 Å². The lowest BCUT2D eigenvalue weighted by Crippen LogP contribution is -2.48. The summed E-state index contributed by atoms with van der Waals surface area (Å²) < 4.78 is 0. The van der Waals surface area contributed by atoms with Gasteiger partial charge in [0.15, 0.2) is 5.78 Å². The fourth-order valence-electron chi connectivity index (χ4n) is 3.42. The van der Waals surface area contributed by atoms with Crippen molar-refractivity contribution in [1.82, 2.24) is 15.1 Å². The molecule has 2 unspecified atom stereocenters. The number of hydrogen-bond acceptors (Lipinski definition) is 5. The molecule has 2 rings (SSSR count). The molecule has 2 aliphatic heterocycles. The lowest BCUT2D eigenvalue weighted by Gasteiger charge is -2.31. The summed E-state index contributed by atoms with van der Waals surface area (Å²) in [4.78, 5) is 21.7. The van der Waals surface area contributed by atoms with Crippen molar-refractivity contribution in [3.63, 3.8) is 0 Å². The predicted octanol–water partition coefficient (Wildman–Crippen LogP) is 4.04. The number of rotatable bonds is 11. The Morgan fingerprint density at radius 3 is 2.97 bits per heavy atom. The predicted molar refractivity (Wildman–Crippen MR) is 123 cm³/mol. The smallest absolute Gasteiger partial charge is 0.191 e. The highest BCUT2D eigenvalue weighted by molar-refractivity contribution is 6.09. The molecule has 0 aromatic heterocycles. The molecule has 5 nitrogen and oxygen atoms in total. The molecule has 2 heterocycles. The first kappa shape index (κ1) is 22.9. The largest absolute Gasteiger partial charge is 0.372 e. The number of carbonyl (C=O) groups excluding carboxylic acids is 1. The number of Topliss-reactive ketones (excluding diaryl/α,β-unsaturated/α-hetero) is 1. The van der Waals surface area contributed by atoms with E-state index in [0.717, 1.165) is 49.2 Å². The number of hydrogen-bond donors (Lipinski definition) is 1. The van der Waals surface area contributed by atoms with E-state index in [2.05, 4.69) is 41.7 Å². The first-order chi connectivity index (χ1) is 14.0. The van der Waals surface area contributed by atoms with Gasteiger partial charge in [-0.3, -0.25) is 10.1 Å². The van der Waals surface area contributed by atoms with E-state index in [0.29, 0.717) is 5.92 Å². The van der Waals surface area contributed by atoms with Gasteiger partial charge in [-0.15, -0.1) is 0 Å². The van der Waals surface area contributed by atoms with Crippen LogP contribution in [0.25, 0.3) is 0 Å². The third kappa shape index (κ3) is 6.57. The van der Waals surface area contributed by atoms with Crippen LogP contribution in [0.4, 0.5) is 0 Å². The number of nitrogens with zero attached hydrogens (tertiary/aromatic N) is 3. The SMILES string of the molecule is C=C/C(=C\C=C/C)CN1C=C(C(=O)C2=CN=CN(C)C2NCCC(C)CC)CC1. The highest BCUT2D eigenvalue weighted by Crippen LogP contribution is 2.23. The summed E-state index contributed by atoms with van der Waals surface area (Å²) in [5.74, 6) is 0.767. The average molecular weight is 397 g/mol. The van der Waals surface area contributed by atoms with Crippen molar-refractivity contribution in [2.75, 3.05) is 26.7 Å². The maximum Gasteiger partial charge on any atom is 0.191 e. The van der Waals surface area contributed by atoms with Crippen molar-refractivity contribution in [1.29, 1.82) is 0 Å². The van der Waals surface area contributed by atoms with Crippen LogP contribution in [0.3, 0.4) is 0 Å². The van der Waals surface area contributed by atoms with Crippen LogP contribution in [0.1, 0.15) is 40.0 Å². The number of aliphatic imine (C=N–C) groups is 1. The lowest BCUT2D eigenvalue weighted by molar-refractivity contribution is -0.113. The van der Waals surface area contributed by atoms with Crippen LogP contribution in [0.2, 0.25) is 0 Å². The second-order valence-corrected chi connectivity index (χ2v) is 7.85. The Hall–Kier alpha value is -2.40. The molecule has 0 aromatic rings. The number of ketones is 1. The Morgan fingerprint density at radius 1 is 1.48 bits per heavy atom. The van der Waals surface area contributed by atoms with Gasteiger partial charge >= 0.3 is 0 Å². The Labute approximate surface area is 176 Å². The van der Waals surface area contributed by atoms with E-state index in [4.69, 9.17) is 0 Å². The standard InChI is InChI=1S/C24H36N4O/c1-6-9-10-20(8-3)16-28-14-12-21(17-28)23(29)22-15-25-18-27(5)24(22)26-13-11-19(4)7-2/h6,8-10,15,17-19,24,26H,3,7,11-14,16H2,1-2,4-5H3/b9-6-,20-10+. The van der Waals surface area contributed by atoms with E-state index >= 15 is 0 Å². The molecule has 1 N–H and O–H groups in total. The zero-order valence-corrected chi connectivity index (χ0v) is 18.4. The molecule has 158 valence electrons. The zero-order valence-electron chi connectivity index (χ0n) is 18.4. The number of allylic oxidation sites excluding steroid dienone is 3. The highest BCUT2D eigenvalue weighted by Gasteiger charge is 2.29. The molecule has 0 saturated heterocycles. The second kappa shape index (κ2) is 11.6. The quantitative estimate of drug-likeness (QED) is 0.536. The maximum absolute atomic E-state index is 13.2. The van der Waals surface area contributed by atoms with Crippen molar-refractivity contribution in [3.8, 4) is 0 Å². The van der Waals surface area contributed by atoms with Gasteiger partial charge in [-0.05, 0) is 37.8 Å². The molecule has 2 atom stereocenters. The second-order valence-electron chi connectivity index (χ2n) is 7.85. The average Bonchev–Trinajstić information content (AvgIpc) is 3.20. The highest BCUT2D eigenvalue weighted by atomic mass is 16.1. The summed E-state index contributed by atoms with van der Waals surface area (Å²) in [5.41, 5.74) is 2.71. The summed E-state index contributed by atoms with van der Waals surface area (Å²) in [6.45, 7) is 12.8. The zero-order chi connectivity index (χ0) is 21.2. The minimum Gasteiger partial charge on any atom is -0.372 e. The number of nitrogens with one attached hydrogen (secondary N) is 1. The summed E-state index contributed by atoms with van der Waals surface area (Å²) in [5, 5.41) is 3.54. The van der Waals surface area contributed by atoms with Crippen molar-refractivity contribution in [3.05, 3.63) is 60.0 Å². The summed E-state index contributed by atoms with van der Waals surface area (Å²) in [6, 6.07) is 0. The molecule has 0 radical (unpaired) electrons. The van der Waals surface area contributed by atoms with Gasteiger partial charge in [-0.2, -0.15) is 0 Å². The molecular formula is C24H36N4O. The van der Waals surface area contributed by atoms with Gasteiger partial charge in [0.2, 0.25) is 0 Å². The van der Waals surface area contributed by atoms with Gasteiger partial charge in [0.25, 0.3) is 0 Å². The topological polar surface area (TPSA) is 47.9 Å². The Bertz CT molecular complexity index is 729. The van der Waals surface area contributed by atoms with Crippen LogP contribution in [0.15, 0.2) is 65.0 Å². The molecule has 0 spiro atoms. The van der Waals surface area contributed by atoms with Crippen molar-refractivity contribution >= 4 is 12.1 Å². The van der Waals surface area contributed by atoms with Crippen molar-refractivity contribution < 1.29 is 4.79 Å². The van der Waals surface area contributed by atoms with Crippen LogP contribution < -0.4 is 5.32 Å². The molecule has 0 saturated carbocycles. The van der Waals surface area contributed by atoms with Gasteiger partial charge < -0.3 is 9.80 Å². The maximum atomic E-state index is 13.2. The molecule has 0 aliphatic carbocycles. The molecule has 0 amide bonds. The van der Waals surface area contributed by atoms with E-state index in [-0.39, 0.29) is 11.9 Å². The Balaban J connectivity index is 2.05. The third-order valence-electron chi connectivity index (χ3n) is 5.55. The molecule has 0 fully saturated rings. The van der Waals surface area contributed by atoms with Crippen LogP contribution >= 0.6 is 0 Å². The van der Waals surface area contributed by atoms with Gasteiger partial charge in [0.05, 0.1) is 11.9 Å². The molecule has 5 heteroatoms. The van der Waals surface area contributed by atoms with Crippen molar-refractivity contribution in [2.24, 2.45) is 10.9 Å². The van der Waals surface area contributed by atoms with E-state index in [1.165, 1.54) is 6.42 Å². The van der Waals surface area contributed by atoms with Gasteiger partial charge in [0.1, 0.15) is 6.17 Å². The summed E-state index contributed by atoms with van der Waals surface area (Å²) in [6.07, 6.45) is 16.3. The Kier molecular flexibility index (Phi) is 9.13. The Morgan fingerprint density at radius 2 is 2.28 bits per heavy atom. The molecular weight excluding hydrogens is 360 g/mol. The monoisotopic (exact) mass is 396 g/mol. The van der Waals surface area contributed by atoms with Gasteiger partial charge in [-0.1, -0.05) is 51.2 Å². The fraction of sp³-hybridized carbons (Fsp3) is 0.500. The van der Waals surface area contributed by atoms with Crippen LogP contribution in [0, 0.1) is 5.92 Å². The first-order valence-electron chi connectivity index (χ1n) is 10.6. The minimum atomic E-state index is -0.127. The molecule has 0 aromatic carbocycles. The number of carbonyl (C=O) groups is 1. The van der Waals surface area contributed by atoms with Crippen LogP contribution in [-0.4, -0.2) is 54.8 Å². The van der Waals surface area contributed by atoms with Gasteiger partial charge in [0, 0.05) is 38.1 Å². The lowest BCUT2D eigenvalue weighted by atomic mass is 9.99. The van der Waals surface area contributed by atoms with E-state index < -0.39 is 0 Å². The molecule has 2 aliphatic rings. The van der Waals surface area contributed by atoms with E-state index in [9.17, 15) is 4.79 Å². The minimum absolute atomic E-state index is 0.0924. The van der Waals surface area contributed by atoms with E-state index in [1.807, 2.05) is 43.3 Å². The number of likely N-dealkylation sites (N-methyl/N-ethyl adjacent to an activating group) is 1. The summed E-state index contributed by atoms with van der Waals surface area (Å²) >= 11 is 0. The third-order valence-corrected chi connectivity index (χ3v) is 5.55. The van der Waals surface area contributed by atoms with E-state index in [1.54, 1.807) is 12.5 Å². The summed E-state index contributed by atoms with van der Waals surface area (Å²) in [7, 11) is 1.96. The van der Waals surface area contributed by atoms with Crippen LogP contribution in [-0.2, 0) is 4.79 Å². The fourth-order valence-corrected chi connectivity index (χ4v) is 3.42. The normalized spacial score (nSPS) is 20.8. The molecule has 29 heavy (non-hydrogen) atoms. The molecule has 0 bridgehead atoms.